The molecule has 67 valence electrons. The van der Waals surface area contributed by atoms with Crippen LogP contribution >= 0.6 is 0 Å². The van der Waals surface area contributed by atoms with Gasteiger partial charge in [0.15, 0.2) is 0 Å². The van der Waals surface area contributed by atoms with Crippen molar-refractivity contribution in [1.29, 1.82) is 0 Å². The first-order chi connectivity index (χ1) is 4.51. The standard InChI is InChI=1S/C10H16.Re.Rf/c1-7-5-6-8-9(2,3)10(7,8)4;;/h7-8H,2,4-6H2,1,3H3;;/q-2;;/t7?,8-,9?,10-;;/m0../s1. The van der Waals surface area contributed by atoms with Crippen molar-refractivity contribution in [3.8, 4) is 0 Å². The summed E-state index contributed by atoms with van der Waals surface area (Å²) in [6.45, 7) is 13.1. The van der Waals surface area contributed by atoms with Gasteiger partial charge in [0.25, 0.3) is 0 Å². The molecule has 2 rings (SSSR count). The van der Waals surface area contributed by atoms with Gasteiger partial charge in [0, 0.05) is 20.4 Å². The molecule has 0 aliphatic heterocycles. The van der Waals surface area contributed by atoms with Gasteiger partial charge in [-0.1, -0.05) is 38.5 Å². The van der Waals surface area contributed by atoms with Crippen molar-refractivity contribution >= 4 is 0 Å². The number of hydrogen-bond donors (Lipinski definition) is 0. The molecule has 12 heavy (non-hydrogen) atoms. The molecule has 0 nitrogen and oxygen atoms in total. The maximum absolute atomic E-state index is 4.31. The second kappa shape index (κ2) is 2.57. The third-order valence-corrected chi connectivity index (χ3v) is 4.14. The van der Waals surface area contributed by atoms with Crippen LogP contribution < -0.4 is 0 Å². The summed E-state index contributed by atoms with van der Waals surface area (Å²) in [4.78, 5) is 0. The van der Waals surface area contributed by atoms with Gasteiger partial charge < -0.3 is 13.8 Å². The van der Waals surface area contributed by atoms with Crippen LogP contribution in [0.3, 0.4) is 0 Å². The van der Waals surface area contributed by atoms with Crippen LogP contribution in [0.15, 0.2) is 0 Å². The van der Waals surface area contributed by atoms with Crippen molar-refractivity contribution < 1.29 is 20.4 Å². The molecule has 0 heterocycles. The third-order valence-electron chi connectivity index (χ3n) is 4.14. The van der Waals surface area contributed by atoms with Crippen molar-refractivity contribution in [3.63, 3.8) is 0 Å². The molecule has 2 aliphatic carbocycles. The first-order valence-electron chi connectivity index (χ1n) is 4.22. The maximum Gasteiger partial charge on any atom is 0 e. The van der Waals surface area contributed by atoms with E-state index in [0.29, 0.717) is 10.8 Å². The predicted molar refractivity (Wildman–Crippen MR) is 43.1 cm³/mol. The van der Waals surface area contributed by atoms with E-state index in [1.807, 2.05) is 0 Å². The Morgan fingerprint density at radius 3 is 1.92 bits per heavy atom. The monoisotopic (exact) mass is 590 g/mol. The first-order valence-corrected chi connectivity index (χ1v) is 4.22. The van der Waals surface area contributed by atoms with Crippen LogP contribution in [0.4, 0.5) is 0 Å². The van der Waals surface area contributed by atoms with Gasteiger partial charge in [-0.2, -0.15) is 10.8 Å². The van der Waals surface area contributed by atoms with E-state index in [2.05, 4.69) is 27.7 Å². The molecule has 0 aromatic carbocycles. The first kappa shape index (κ1) is 11.7. The minimum Gasteiger partial charge on any atom is -0.339 e. The molecule has 1 radical (unpaired) electrons. The molecule has 0 spiro atoms. The molecule has 4 atom stereocenters. The second-order valence-electron chi connectivity index (χ2n) is 4.49. The Kier molecular flexibility index (Phi) is 2.50. The van der Waals surface area contributed by atoms with E-state index in [-0.39, 0.29) is 20.4 Å². The molecule has 2 unspecified atom stereocenters. The molecule has 0 aromatic heterocycles. The van der Waals surface area contributed by atoms with Crippen LogP contribution in [0.5, 0.6) is 0 Å². The molecule has 2 aliphatic rings. The summed E-state index contributed by atoms with van der Waals surface area (Å²) < 4.78 is 0. The third kappa shape index (κ3) is 0.824. The van der Waals surface area contributed by atoms with Crippen LogP contribution in [-0.2, 0) is 20.4 Å². The fourth-order valence-electron chi connectivity index (χ4n) is 3.05. The van der Waals surface area contributed by atoms with Gasteiger partial charge in [-0.25, -0.2) is 0 Å². The fraction of sp³-hybridized carbons (Fsp3) is 0.800. The van der Waals surface area contributed by atoms with E-state index >= 15 is 0 Å². The van der Waals surface area contributed by atoms with Gasteiger partial charge in [0.2, 0.25) is 0 Å². The van der Waals surface area contributed by atoms with Crippen LogP contribution in [-0.4, -0.2) is 0 Å². The van der Waals surface area contributed by atoms with Crippen molar-refractivity contribution in [1.82, 2.24) is 0 Å². The zero-order valence-electron chi connectivity index (χ0n) is 8.07. The summed E-state index contributed by atoms with van der Waals surface area (Å²) in [7, 11) is 0. The van der Waals surface area contributed by atoms with Crippen molar-refractivity contribution in [2.24, 2.45) is 22.7 Å². The van der Waals surface area contributed by atoms with Gasteiger partial charge in [0.1, 0.15) is 0 Å². The minimum atomic E-state index is 0. The molecule has 2 saturated carbocycles. The summed E-state index contributed by atoms with van der Waals surface area (Å²) in [5.74, 6) is 1.63. The average Bonchev–Trinajstić information content (AvgIpc) is 2.19. The summed E-state index contributed by atoms with van der Waals surface area (Å²) in [6.07, 6.45) is 2.74. The summed E-state index contributed by atoms with van der Waals surface area (Å²) in [5.41, 5.74) is 0.664. The fourth-order valence-corrected chi connectivity index (χ4v) is 3.05. The Hall–Kier alpha value is -0.338. The average molecular weight is 589 g/mol. The summed E-state index contributed by atoms with van der Waals surface area (Å²) in [5, 5.41) is 0. The SMILES string of the molecule is [CH2-]C1(C)[C@@H]2CCC(C)[C@@]21[CH2-].[Re].[Rf]. The summed E-state index contributed by atoms with van der Waals surface area (Å²) >= 11 is 0. The van der Waals surface area contributed by atoms with Gasteiger partial charge in [-0.05, 0) is 0 Å². The molecule has 2 fully saturated rings. The van der Waals surface area contributed by atoms with Crippen LogP contribution in [0.25, 0.3) is 0 Å². The smallest absolute Gasteiger partial charge is 0 e. The van der Waals surface area contributed by atoms with Crippen molar-refractivity contribution in [3.05, 3.63) is 13.8 Å². The normalized spacial score (nSPS) is 55.0. The number of fused-ring (bicyclic) bond motifs is 1. The predicted octanol–water partition coefficient (Wildman–Crippen LogP) is 2.70. The van der Waals surface area contributed by atoms with E-state index < -0.39 is 0 Å². The van der Waals surface area contributed by atoms with E-state index in [9.17, 15) is 0 Å². The number of rotatable bonds is 0. The molecule has 0 saturated heterocycles. The molecule has 0 N–H and O–H groups in total. The van der Waals surface area contributed by atoms with E-state index in [0.717, 1.165) is 11.8 Å². The maximum atomic E-state index is 4.31. The van der Waals surface area contributed by atoms with E-state index in [1.54, 1.807) is 0 Å². The topological polar surface area (TPSA) is 0 Å². The molecule has 2 heteroatoms. The van der Waals surface area contributed by atoms with Gasteiger partial charge in [-0.3, -0.25) is 0 Å². The molecule has 0 bridgehead atoms. The summed E-state index contributed by atoms with van der Waals surface area (Å²) in [6, 6.07) is 0. The Bertz CT molecular complexity index is 179. The van der Waals surface area contributed by atoms with E-state index in [1.165, 1.54) is 12.8 Å². The Morgan fingerprint density at radius 1 is 1.25 bits per heavy atom. The van der Waals surface area contributed by atoms with Crippen LogP contribution in [0, 0.1) is 36.5 Å². The molecular formula is C10H16ReRf-2. The molecular weight excluding hydrogens is 573 g/mol. The Morgan fingerprint density at radius 2 is 1.75 bits per heavy atom. The second-order valence-corrected chi connectivity index (χ2v) is 4.49. The Balaban J connectivity index is 0.000000605. The zero-order valence-corrected chi connectivity index (χ0v) is 17.2. The van der Waals surface area contributed by atoms with Crippen LogP contribution in [0.2, 0.25) is 0 Å². The largest absolute Gasteiger partial charge is 0.339 e. The van der Waals surface area contributed by atoms with Gasteiger partial charge in [0.05, 0.1) is 0 Å². The van der Waals surface area contributed by atoms with Gasteiger partial charge >= 0.3 is 0 Å². The quantitative estimate of drug-likeness (QED) is 0.382. The van der Waals surface area contributed by atoms with Crippen LogP contribution in [0.1, 0.15) is 26.7 Å². The minimum absolute atomic E-state index is 0. The zero-order chi connectivity index (χ0) is 7.57. The van der Waals surface area contributed by atoms with E-state index in [4.69, 9.17) is 0 Å². The van der Waals surface area contributed by atoms with Crippen molar-refractivity contribution in [2.45, 2.75) is 26.7 Å². The van der Waals surface area contributed by atoms with Gasteiger partial charge in [-0.15, -0.1) is 0 Å². The Labute approximate surface area is 83.8 Å². The molecule has 0 amide bonds. The number of hydrogen-bond acceptors (Lipinski definition) is 0. The molecule has 0 aromatic rings. The van der Waals surface area contributed by atoms with Crippen molar-refractivity contribution in [2.75, 3.05) is 0 Å².